The van der Waals surface area contributed by atoms with Crippen LogP contribution in [0.25, 0.3) is 0 Å². The smallest absolute Gasteiger partial charge is 0.332 e. The maximum Gasteiger partial charge on any atom is 0.332 e. The minimum atomic E-state index is -1.94. The van der Waals surface area contributed by atoms with Crippen LogP contribution in [0.5, 0.6) is 0 Å². The molecule has 0 bridgehead atoms. The molecule has 23 heavy (non-hydrogen) atoms. The molecule has 0 aromatic carbocycles. The second kappa shape index (κ2) is 7.94. The van der Waals surface area contributed by atoms with Gasteiger partial charge in [0.15, 0.2) is 6.87 Å². The Hall–Kier alpha value is 0.0375. The van der Waals surface area contributed by atoms with E-state index in [1.165, 1.54) is 0 Å². The van der Waals surface area contributed by atoms with E-state index in [1.807, 2.05) is 0 Å². The molecule has 0 saturated carbocycles. The molecule has 7 heteroatoms. The van der Waals surface area contributed by atoms with Crippen LogP contribution in [0.4, 0.5) is 0 Å². The predicted octanol–water partition coefficient (Wildman–Crippen LogP) is 4.64. The second-order valence-electron chi connectivity index (χ2n) is 9.27. The Labute approximate surface area is 147 Å². The minimum Gasteiger partial charge on any atom is -0.466 e. The largest absolute Gasteiger partial charge is 0.466 e. The van der Waals surface area contributed by atoms with Gasteiger partial charge in [0.2, 0.25) is 0 Å². The van der Waals surface area contributed by atoms with Gasteiger partial charge in [-0.3, -0.25) is 0 Å². The van der Waals surface area contributed by atoms with Gasteiger partial charge in [-0.25, -0.2) is 4.79 Å². The van der Waals surface area contributed by atoms with Gasteiger partial charge in [0.05, 0.1) is 21.4 Å². The molecule has 0 saturated heterocycles. The average molecular weight is 391 g/mol. The van der Waals surface area contributed by atoms with Gasteiger partial charge >= 0.3 is 5.97 Å². The summed E-state index contributed by atoms with van der Waals surface area (Å²) in [5.41, 5.74) is 0.484. The van der Waals surface area contributed by atoms with Gasteiger partial charge in [-0.1, -0.05) is 65.9 Å². The van der Waals surface area contributed by atoms with E-state index in [-0.39, 0.29) is 5.97 Å². The topological polar surface area (TPSA) is 35.5 Å². The summed E-state index contributed by atoms with van der Waals surface area (Å²) in [4.78, 5) is 11.9. The number of ether oxygens (including phenoxy) is 1. The second-order valence-corrected chi connectivity index (χ2v) is 47.9. The van der Waals surface area contributed by atoms with Crippen molar-refractivity contribution in [1.82, 2.24) is 0 Å². The van der Waals surface area contributed by atoms with Crippen LogP contribution >= 0.6 is 0 Å². The van der Waals surface area contributed by atoms with Gasteiger partial charge in [-0.15, -0.1) is 0 Å². The normalized spacial score (nSPS) is 13.8. The Kier molecular flexibility index (Phi) is 7.96. The molecule has 0 spiro atoms. The summed E-state index contributed by atoms with van der Waals surface area (Å²) in [5, 5.41) is 0. The van der Waals surface area contributed by atoms with Crippen LogP contribution in [0, 0.1) is 0 Å². The van der Waals surface area contributed by atoms with E-state index in [2.05, 4.69) is 65.9 Å². The summed E-state index contributed by atoms with van der Waals surface area (Å²) >= 11 is 0. The van der Waals surface area contributed by atoms with E-state index in [9.17, 15) is 4.79 Å². The summed E-state index contributed by atoms with van der Waals surface area (Å²) in [6.07, 6.45) is 1.63. The lowest BCUT2D eigenvalue weighted by molar-refractivity contribution is -0.137. The summed E-state index contributed by atoms with van der Waals surface area (Å²) in [6, 6.07) is 0. The highest BCUT2D eigenvalue weighted by Gasteiger charge is 2.66. The standard InChI is InChI=1S/C16H38O3Si4/c1-12-13-19-23(20(4,5)6,21(7,8)9)22(10,11)14-18-16(17)15(2)3/h2,12-14H2,1,3-11H3. The predicted molar refractivity (Wildman–Crippen MR) is 112 cm³/mol. The fourth-order valence-corrected chi connectivity index (χ4v) is 95.8. The van der Waals surface area contributed by atoms with Crippen molar-refractivity contribution in [2.45, 2.75) is 72.6 Å². The SMILES string of the molecule is C=C(C)C(=O)OC[Si](C)(C)[Si](OCCC)([Si](C)(C)C)[Si](C)(C)C. The van der Waals surface area contributed by atoms with Crippen molar-refractivity contribution >= 4 is 35.6 Å². The first-order valence-corrected chi connectivity index (χ1v) is 23.7. The van der Waals surface area contributed by atoms with Crippen LogP contribution in [0.3, 0.4) is 0 Å². The van der Waals surface area contributed by atoms with Gasteiger partial charge in [-0.2, -0.15) is 0 Å². The van der Waals surface area contributed by atoms with Crippen LogP contribution < -0.4 is 0 Å². The molecule has 0 aliphatic rings. The van der Waals surface area contributed by atoms with Crippen molar-refractivity contribution in [3.63, 3.8) is 0 Å². The highest BCUT2D eigenvalue weighted by Crippen LogP contribution is 2.38. The van der Waals surface area contributed by atoms with Crippen molar-refractivity contribution in [2.24, 2.45) is 0 Å². The number of hydrogen-bond acceptors (Lipinski definition) is 3. The summed E-state index contributed by atoms with van der Waals surface area (Å²) < 4.78 is 12.5. The molecule has 0 amide bonds. The zero-order valence-electron chi connectivity index (χ0n) is 17.1. The van der Waals surface area contributed by atoms with Crippen molar-refractivity contribution in [1.29, 1.82) is 0 Å². The molecule has 0 heterocycles. The molecular formula is C16H38O3Si4. The molecule has 0 radical (unpaired) electrons. The number of rotatable bonds is 9. The van der Waals surface area contributed by atoms with Crippen molar-refractivity contribution in [3.8, 4) is 0 Å². The van der Waals surface area contributed by atoms with Crippen LogP contribution in [0.1, 0.15) is 20.3 Å². The Balaban J connectivity index is 5.89. The molecule has 0 aromatic heterocycles. The number of esters is 1. The Morgan fingerprint density at radius 1 is 0.957 bits per heavy atom. The van der Waals surface area contributed by atoms with Crippen molar-refractivity contribution < 1.29 is 14.0 Å². The Morgan fingerprint density at radius 2 is 1.39 bits per heavy atom. The number of hydrogen-bond donors (Lipinski definition) is 0. The fourth-order valence-electron chi connectivity index (χ4n) is 4.51. The van der Waals surface area contributed by atoms with Gasteiger partial charge in [0.1, 0.15) is 7.59 Å². The number of carbonyl (C=O) groups is 1. The lowest BCUT2D eigenvalue weighted by Crippen LogP contribution is -2.86. The van der Waals surface area contributed by atoms with Crippen LogP contribution in [-0.4, -0.2) is 48.5 Å². The Bertz CT molecular complexity index is 420. The molecule has 0 atom stereocenters. The third-order valence-corrected chi connectivity index (χ3v) is 71.4. The first-order valence-electron chi connectivity index (χ1n) is 8.60. The van der Waals surface area contributed by atoms with Crippen molar-refractivity contribution in [2.75, 3.05) is 12.8 Å². The summed E-state index contributed by atoms with van der Waals surface area (Å²) in [7, 11) is -4.88. The molecule has 0 aliphatic heterocycles. The lowest BCUT2D eigenvalue weighted by Gasteiger charge is -2.56. The molecule has 136 valence electrons. The zero-order chi connectivity index (χ0) is 18.7. The van der Waals surface area contributed by atoms with E-state index in [4.69, 9.17) is 9.16 Å². The van der Waals surface area contributed by atoms with E-state index < -0.39 is 29.6 Å². The molecule has 0 unspecified atom stereocenters. The van der Waals surface area contributed by atoms with Crippen LogP contribution in [-0.2, 0) is 14.0 Å². The molecule has 3 nitrogen and oxygen atoms in total. The maximum absolute atomic E-state index is 11.9. The van der Waals surface area contributed by atoms with Gasteiger partial charge < -0.3 is 9.16 Å². The van der Waals surface area contributed by atoms with Gasteiger partial charge in [-0.05, 0) is 13.3 Å². The Morgan fingerprint density at radius 3 is 1.70 bits per heavy atom. The monoisotopic (exact) mass is 390 g/mol. The van der Waals surface area contributed by atoms with E-state index in [0.717, 1.165) is 13.0 Å². The van der Waals surface area contributed by atoms with Gasteiger partial charge in [0, 0.05) is 12.2 Å². The van der Waals surface area contributed by atoms with E-state index >= 15 is 0 Å². The third kappa shape index (κ3) is 5.01. The van der Waals surface area contributed by atoms with Crippen molar-refractivity contribution in [3.05, 3.63) is 12.2 Å². The molecule has 0 N–H and O–H groups in total. The van der Waals surface area contributed by atoms with E-state index in [0.29, 0.717) is 11.8 Å². The summed E-state index contributed by atoms with van der Waals surface area (Å²) in [5.74, 6) is -0.255. The average Bonchev–Trinajstić information content (AvgIpc) is 2.32. The molecule has 0 aromatic rings. The highest BCUT2D eigenvalue weighted by molar-refractivity contribution is 7.87. The molecule has 0 fully saturated rings. The number of carbonyl (C=O) groups excluding carboxylic acids is 1. The van der Waals surface area contributed by atoms with E-state index in [1.54, 1.807) is 6.92 Å². The lowest BCUT2D eigenvalue weighted by atomic mass is 10.4. The van der Waals surface area contributed by atoms with Crippen LogP contribution in [0.15, 0.2) is 12.2 Å². The maximum atomic E-state index is 11.9. The first-order chi connectivity index (χ1) is 10.1. The zero-order valence-corrected chi connectivity index (χ0v) is 21.1. The van der Waals surface area contributed by atoms with Crippen LogP contribution in [0.2, 0.25) is 52.4 Å². The highest BCUT2D eigenvalue weighted by atomic mass is 29.9. The third-order valence-electron chi connectivity index (χ3n) is 4.50. The summed E-state index contributed by atoms with van der Waals surface area (Å²) in [6.45, 7) is 26.2. The minimum absolute atomic E-state index is 0.255. The fraction of sp³-hybridized carbons (Fsp3) is 0.812. The van der Waals surface area contributed by atoms with Gasteiger partial charge in [0.25, 0.3) is 0 Å². The molecule has 0 rings (SSSR count). The molecular weight excluding hydrogens is 353 g/mol. The quantitative estimate of drug-likeness (QED) is 0.327. The first kappa shape index (κ1) is 23.0. The molecule has 0 aliphatic carbocycles.